The van der Waals surface area contributed by atoms with Crippen LogP contribution in [0.4, 0.5) is 16.2 Å². The van der Waals surface area contributed by atoms with Gasteiger partial charge in [-0.1, -0.05) is 29.8 Å². The van der Waals surface area contributed by atoms with Crippen LogP contribution in [-0.2, 0) is 4.79 Å². The maximum Gasteiger partial charge on any atom is 0.318 e. The second-order valence-corrected chi connectivity index (χ2v) is 5.37. The van der Waals surface area contributed by atoms with E-state index in [1.54, 1.807) is 55.5 Å². The van der Waals surface area contributed by atoms with Gasteiger partial charge in [0.1, 0.15) is 5.75 Å². The summed E-state index contributed by atoms with van der Waals surface area (Å²) < 4.78 is 5.57. The fraction of sp³-hybridized carbons (Fsp3) is 0.176. The maximum atomic E-state index is 12.2. The van der Waals surface area contributed by atoms with Crippen LogP contribution in [0.3, 0.4) is 0 Å². The van der Waals surface area contributed by atoms with Crippen LogP contribution in [0.1, 0.15) is 6.92 Å². The van der Waals surface area contributed by atoms with Gasteiger partial charge in [0.25, 0.3) is 5.91 Å². The second-order valence-electron chi connectivity index (χ2n) is 4.96. The molecule has 0 saturated heterocycles. The molecule has 1 unspecified atom stereocenters. The van der Waals surface area contributed by atoms with Gasteiger partial charge in [-0.15, -0.1) is 0 Å². The summed E-state index contributed by atoms with van der Waals surface area (Å²) >= 11 is 6.01. The first-order valence-electron chi connectivity index (χ1n) is 7.30. The predicted octanol–water partition coefficient (Wildman–Crippen LogP) is 3.50. The van der Waals surface area contributed by atoms with Crippen LogP contribution in [0, 0.1) is 0 Å². The van der Waals surface area contributed by atoms with Crippen LogP contribution in [0.15, 0.2) is 48.5 Å². The van der Waals surface area contributed by atoms with E-state index in [4.69, 9.17) is 16.3 Å². The zero-order valence-corrected chi connectivity index (χ0v) is 14.1. The molecule has 0 aliphatic rings. The zero-order chi connectivity index (χ0) is 17.5. The molecule has 3 N–H and O–H groups in total. The van der Waals surface area contributed by atoms with Crippen LogP contribution >= 0.6 is 11.6 Å². The molecular weight excluding hydrogens is 330 g/mol. The number of carbonyl (C=O) groups excluding carboxylic acids is 2. The molecule has 0 saturated carbocycles. The van der Waals surface area contributed by atoms with E-state index in [1.807, 2.05) is 0 Å². The number of rotatable bonds is 5. The monoisotopic (exact) mass is 347 g/mol. The topological polar surface area (TPSA) is 79.5 Å². The molecule has 0 spiro atoms. The van der Waals surface area contributed by atoms with E-state index in [2.05, 4.69) is 16.0 Å². The van der Waals surface area contributed by atoms with E-state index in [0.717, 1.165) is 0 Å². The Morgan fingerprint density at radius 2 is 1.71 bits per heavy atom. The van der Waals surface area contributed by atoms with Gasteiger partial charge in [0, 0.05) is 18.4 Å². The highest BCUT2D eigenvalue weighted by atomic mass is 35.5. The summed E-state index contributed by atoms with van der Waals surface area (Å²) in [4.78, 5) is 23.6. The fourth-order valence-electron chi connectivity index (χ4n) is 1.90. The third kappa shape index (κ3) is 4.89. The minimum Gasteiger partial charge on any atom is -0.479 e. The van der Waals surface area contributed by atoms with Crippen molar-refractivity contribution in [3.05, 3.63) is 53.6 Å². The Balaban J connectivity index is 2.00. The minimum atomic E-state index is -0.736. The van der Waals surface area contributed by atoms with Crippen molar-refractivity contribution in [3.8, 4) is 5.75 Å². The lowest BCUT2D eigenvalue weighted by Crippen LogP contribution is -2.30. The number of nitrogens with one attached hydrogen (secondary N) is 3. The Hall–Kier alpha value is -2.73. The number of hydrogen-bond acceptors (Lipinski definition) is 3. The number of urea groups is 1. The lowest BCUT2D eigenvalue weighted by atomic mass is 10.2. The molecule has 2 rings (SSSR count). The molecule has 0 aromatic heterocycles. The number of anilines is 2. The van der Waals surface area contributed by atoms with Crippen molar-refractivity contribution in [1.29, 1.82) is 0 Å². The van der Waals surface area contributed by atoms with E-state index < -0.39 is 6.10 Å². The highest BCUT2D eigenvalue weighted by molar-refractivity contribution is 6.32. The third-order valence-corrected chi connectivity index (χ3v) is 3.44. The first-order chi connectivity index (χ1) is 11.5. The summed E-state index contributed by atoms with van der Waals surface area (Å²) in [5.74, 6) is 0.115. The van der Waals surface area contributed by atoms with Gasteiger partial charge in [0.15, 0.2) is 6.10 Å². The van der Waals surface area contributed by atoms with Crippen molar-refractivity contribution in [2.24, 2.45) is 0 Å². The van der Waals surface area contributed by atoms with E-state index in [9.17, 15) is 9.59 Å². The molecule has 24 heavy (non-hydrogen) atoms. The summed E-state index contributed by atoms with van der Waals surface area (Å²) in [7, 11) is 1.52. The van der Waals surface area contributed by atoms with Crippen LogP contribution in [0.2, 0.25) is 5.02 Å². The summed E-state index contributed by atoms with van der Waals surface area (Å²) in [6.45, 7) is 1.63. The number of amides is 3. The number of hydrogen-bond donors (Lipinski definition) is 3. The second kappa shape index (κ2) is 8.21. The Kier molecular flexibility index (Phi) is 6.03. The van der Waals surface area contributed by atoms with E-state index in [0.29, 0.717) is 22.1 Å². The number of para-hydroxylation sites is 1. The van der Waals surface area contributed by atoms with Crippen molar-refractivity contribution in [2.75, 3.05) is 17.7 Å². The maximum absolute atomic E-state index is 12.2. The number of benzene rings is 2. The van der Waals surface area contributed by atoms with Gasteiger partial charge in [0.05, 0.1) is 5.02 Å². The number of halogens is 1. The minimum absolute atomic E-state index is 0.327. The lowest BCUT2D eigenvalue weighted by Gasteiger charge is -2.16. The van der Waals surface area contributed by atoms with Crippen molar-refractivity contribution >= 4 is 34.9 Å². The Labute approximate surface area is 145 Å². The molecule has 1 atom stereocenters. The van der Waals surface area contributed by atoms with Gasteiger partial charge >= 0.3 is 6.03 Å². The van der Waals surface area contributed by atoms with Gasteiger partial charge in [0.2, 0.25) is 0 Å². The molecule has 126 valence electrons. The summed E-state index contributed by atoms with van der Waals surface area (Å²) in [6, 6.07) is 13.4. The quantitative estimate of drug-likeness (QED) is 0.774. The third-order valence-electron chi connectivity index (χ3n) is 3.12. The van der Waals surface area contributed by atoms with Crippen LogP contribution in [0.25, 0.3) is 0 Å². The van der Waals surface area contributed by atoms with E-state index in [1.165, 1.54) is 7.05 Å². The first-order valence-corrected chi connectivity index (χ1v) is 7.68. The van der Waals surface area contributed by atoms with Crippen LogP contribution in [-0.4, -0.2) is 25.1 Å². The molecule has 0 aliphatic heterocycles. The SMILES string of the molecule is CNC(=O)Nc1cccc(NC(=O)C(C)Oc2ccccc2Cl)c1. The Bertz CT molecular complexity index is 737. The number of ether oxygens (including phenoxy) is 1. The largest absolute Gasteiger partial charge is 0.479 e. The van der Waals surface area contributed by atoms with E-state index >= 15 is 0 Å². The smallest absolute Gasteiger partial charge is 0.318 e. The Morgan fingerprint density at radius 1 is 1.04 bits per heavy atom. The normalized spacial score (nSPS) is 11.3. The van der Waals surface area contributed by atoms with Gasteiger partial charge in [-0.3, -0.25) is 4.79 Å². The summed E-state index contributed by atoms with van der Waals surface area (Å²) in [5.41, 5.74) is 1.11. The van der Waals surface area contributed by atoms with Crippen molar-refractivity contribution in [1.82, 2.24) is 5.32 Å². The fourth-order valence-corrected chi connectivity index (χ4v) is 2.08. The molecular formula is C17H18ClN3O3. The summed E-state index contributed by atoms with van der Waals surface area (Å²) in [6.07, 6.45) is -0.736. The molecule has 2 aromatic rings. The predicted molar refractivity (Wildman–Crippen MR) is 94.7 cm³/mol. The molecule has 0 radical (unpaired) electrons. The average Bonchev–Trinajstić information content (AvgIpc) is 2.57. The number of carbonyl (C=O) groups is 2. The summed E-state index contributed by atoms with van der Waals surface area (Å²) in [5, 5.41) is 8.26. The van der Waals surface area contributed by atoms with Crippen LogP contribution in [0.5, 0.6) is 5.75 Å². The molecule has 7 heteroatoms. The van der Waals surface area contributed by atoms with Crippen molar-refractivity contribution in [3.63, 3.8) is 0 Å². The van der Waals surface area contributed by atoms with Gasteiger partial charge in [-0.25, -0.2) is 4.79 Å². The van der Waals surface area contributed by atoms with Gasteiger partial charge < -0.3 is 20.7 Å². The average molecular weight is 348 g/mol. The zero-order valence-electron chi connectivity index (χ0n) is 13.3. The van der Waals surface area contributed by atoms with Gasteiger partial charge in [-0.05, 0) is 37.3 Å². The molecule has 2 aromatic carbocycles. The van der Waals surface area contributed by atoms with Crippen molar-refractivity contribution in [2.45, 2.75) is 13.0 Å². The van der Waals surface area contributed by atoms with Crippen LogP contribution < -0.4 is 20.7 Å². The molecule has 0 heterocycles. The molecule has 3 amide bonds. The standard InChI is InChI=1S/C17H18ClN3O3/c1-11(24-15-9-4-3-8-14(15)18)16(22)20-12-6-5-7-13(10-12)21-17(23)19-2/h3-11H,1-2H3,(H,20,22)(H2,19,21,23). The molecule has 0 bridgehead atoms. The van der Waals surface area contributed by atoms with Gasteiger partial charge in [-0.2, -0.15) is 0 Å². The first kappa shape index (κ1) is 17.6. The highest BCUT2D eigenvalue weighted by Gasteiger charge is 2.16. The highest BCUT2D eigenvalue weighted by Crippen LogP contribution is 2.24. The molecule has 0 fully saturated rings. The Morgan fingerprint density at radius 3 is 2.38 bits per heavy atom. The molecule has 0 aliphatic carbocycles. The lowest BCUT2D eigenvalue weighted by molar-refractivity contribution is -0.122. The van der Waals surface area contributed by atoms with E-state index in [-0.39, 0.29) is 11.9 Å². The van der Waals surface area contributed by atoms with Crippen molar-refractivity contribution < 1.29 is 14.3 Å². The molecule has 6 nitrogen and oxygen atoms in total.